The molecule has 1 heterocycles. The van der Waals surface area contributed by atoms with Crippen molar-refractivity contribution in [2.24, 2.45) is 5.84 Å². The van der Waals surface area contributed by atoms with Gasteiger partial charge in [-0.3, -0.25) is 11.3 Å². The minimum absolute atomic E-state index is 0.0507. The zero-order valence-corrected chi connectivity index (χ0v) is 7.86. The van der Waals surface area contributed by atoms with E-state index in [-0.39, 0.29) is 12.3 Å². The fourth-order valence-corrected chi connectivity index (χ4v) is 1.45. The Balaban J connectivity index is 2.78. The second-order valence-electron chi connectivity index (χ2n) is 3.12. The van der Waals surface area contributed by atoms with E-state index in [9.17, 15) is 9.90 Å². The van der Waals surface area contributed by atoms with E-state index in [4.69, 9.17) is 10.3 Å². The third-order valence-electron chi connectivity index (χ3n) is 2.15. The maximum Gasteiger partial charge on any atom is 0.336 e. The molecule has 0 spiro atoms. The second kappa shape index (κ2) is 3.72. The number of rotatable bonds is 2. The Hall–Kier alpha value is -1.85. The van der Waals surface area contributed by atoms with Gasteiger partial charge in [0.1, 0.15) is 11.3 Å². The Morgan fingerprint density at radius 2 is 2.07 bits per heavy atom. The average Bonchev–Trinajstić information content (AvgIpc) is 2.23. The van der Waals surface area contributed by atoms with Crippen LogP contribution in [0.3, 0.4) is 0 Å². The molecule has 4 N–H and O–H groups in total. The van der Waals surface area contributed by atoms with E-state index in [1.807, 2.05) is 0 Å². The number of benzene rings is 1. The summed E-state index contributed by atoms with van der Waals surface area (Å²) in [5, 5.41) is 10.3. The largest absolute Gasteiger partial charge is 0.507 e. The van der Waals surface area contributed by atoms with Crippen molar-refractivity contribution in [3.8, 4) is 5.75 Å². The maximum atomic E-state index is 11.1. The topological polar surface area (TPSA) is 88.5 Å². The lowest BCUT2D eigenvalue weighted by molar-refractivity contribution is 0.461. The van der Waals surface area contributed by atoms with Crippen molar-refractivity contribution in [3.63, 3.8) is 0 Å². The van der Waals surface area contributed by atoms with Crippen LogP contribution in [0.2, 0.25) is 0 Å². The van der Waals surface area contributed by atoms with Gasteiger partial charge in [0.2, 0.25) is 0 Å². The highest BCUT2D eigenvalue weighted by Gasteiger charge is 2.08. The van der Waals surface area contributed by atoms with E-state index in [0.29, 0.717) is 11.1 Å². The first-order chi connectivity index (χ1) is 7.22. The van der Waals surface area contributed by atoms with Gasteiger partial charge in [-0.1, -0.05) is 0 Å². The van der Waals surface area contributed by atoms with Gasteiger partial charge in [0.05, 0.1) is 5.56 Å². The number of nitrogens with one attached hydrogen (secondary N) is 1. The fourth-order valence-electron chi connectivity index (χ4n) is 1.45. The molecule has 0 fully saturated rings. The molecule has 0 saturated carbocycles. The lowest BCUT2D eigenvalue weighted by Crippen LogP contribution is -2.21. The Kier molecular flexibility index (Phi) is 2.40. The maximum absolute atomic E-state index is 11.1. The van der Waals surface area contributed by atoms with Gasteiger partial charge in [0.25, 0.3) is 0 Å². The Morgan fingerprint density at radius 3 is 2.80 bits per heavy atom. The summed E-state index contributed by atoms with van der Waals surface area (Å²) in [6.07, 6.45) is 0. The molecule has 0 aliphatic heterocycles. The Bertz CT molecular complexity index is 548. The first-order valence-corrected chi connectivity index (χ1v) is 4.40. The normalized spacial score (nSPS) is 10.7. The standard InChI is InChI=1S/C10H10N2O3/c11-12-5-7-8(13)3-1-6-2-4-9(14)15-10(6)7/h1-4,12-13H,5,11H2. The molecule has 0 aliphatic rings. The van der Waals surface area contributed by atoms with Gasteiger partial charge in [-0.2, -0.15) is 0 Å². The van der Waals surface area contributed by atoms with Crippen LogP contribution >= 0.6 is 0 Å². The minimum atomic E-state index is -0.452. The highest BCUT2D eigenvalue weighted by Crippen LogP contribution is 2.25. The van der Waals surface area contributed by atoms with Crippen LogP contribution in [-0.4, -0.2) is 5.11 Å². The van der Waals surface area contributed by atoms with E-state index in [1.54, 1.807) is 12.1 Å². The van der Waals surface area contributed by atoms with E-state index in [2.05, 4.69) is 5.43 Å². The van der Waals surface area contributed by atoms with E-state index >= 15 is 0 Å². The van der Waals surface area contributed by atoms with E-state index < -0.39 is 5.63 Å². The smallest absolute Gasteiger partial charge is 0.336 e. The molecular weight excluding hydrogens is 196 g/mol. The molecule has 0 bridgehead atoms. The number of nitrogens with two attached hydrogens (primary N) is 1. The van der Waals surface area contributed by atoms with Crippen LogP contribution in [0.25, 0.3) is 11.0 Å². The number of fused-ring (bicyclic) bond motifs is 1. The van der Waals surface area contributed by atoms with Crippen molar-refractivity contribution in [2.75, 3.05) is 0 Å². The van der Waals surface area contributed by atoms with Gasteiger partial charge in [-0.15, -0.1) is 0 Å². The molecule has 0 saturated heterocycles. The molecular formula is C10H10N2O3. The predicted molar refractivity (Wildman–Crippen MR) is 55.2 cm³/mol. The molecule has 0 atom stereocenters. The molecule has 78 valence electrons. The van der Waals surface area contributed by atoms with Crippen LogP contribution in [0.15, 0.2) is 33.5 Å². The van der Waals surface area contributed by atoms with Gasteiger partial charge in [-0.25, -0.2) is 4.79 Å². The van der Waals surface area contributed by atoms with Gasteiger partial charge in [-0.05, 0) is 18.2 Å². The van der Waals surface area contributed by atoms with Gasteiger partial charge in [0.15, 0.2) is 0 Å². The van der Waals surface area contributed by atoms with Crippen LogP contribution in [0.5, 0.6) is 5.75 Å². The molecule has 0 unspecified atom stereocenters. The number of phenols is 1. The Labute approximate surface area is 85.1 Å². The quantitative estimate of drug-likeness (QED) is 0.377. The lowest BCUT2D eigenvalue weighted by atomic mass is 10.1. The summed E-state index contributed by atoms with van der Waals surface area (Å²) < 4.78 is 5.02. The number of phenolic OH excluding ortho intramolecular Hbond substituents is 1. The molecule has 0 radical (unpaired) electrons. The summed E-state index contributed by atoms with van der Waals surface area (Å²) >= 11 is 0. The van der Waals surface area contributed by atoms with Crippen LogP contribution in [0.1, 0.15) is 5.56 Å². The lowest BCUT2D eigenvalue weighted by Gasteiger charge is -2.06. The molecule has 0 aliphatic carbocycles. The molecule has 15 heavy (non-hydrogen) atoms. The van der Waals surface area contributed by atoms with Crippen molar-refractivity contribution >= 4 is 11.0 Å². The van der Waals surface area contributed by atoms with Crippen molar-refractivity contribution in [3.05, 3.63) is 40.2 Å². The molecule has 2 rings (SSSR count). The zero-order valence-electron chi connectivity index (χ0n) is 7.86. The predicted octanol–water partition coefficient (Wildman–Crippen LogP) is 0.462. The summed E-state index contributed by atoms with van der Waals surface area (Å²) in [6, 6.07) is 6.18. The average molecular weight is 206 g/mol. The molecule has 2 aromatic rings. The first-order valence-electron chi connectivity index (χ1n) is 4.40. The summed E-state index contributed by atoms with van der Waals surface area (Å²) in [7, 11) is 0. The van der Waals surface area contributed by atoms with Gasteiger partial charge < -0.3 is 9.52 Å². The van der Waals surface area contributed by atoms with Crippen LogP contribution in [-0.2, 0) is 6.54 Å². The summed E-state index contributed by atoms with van der Waals surface area (Å²) in [5.74, 6) is 5.23. The third-order valence-corrected chi connectivity index (χ3v) is 2.15. The molecule has 5 heteroatoms. The van der Waals surface area contributed by atoms with Crippen LogP contribution in [0.4, 0.5) is 0 Å². The van der Waals surface area contributed by atoms with Crippen molar-refractivity contribution in [2.45, 2.75) is 6.54 Å². The van der Waals surface area contributed by atoms with E-state index in [1.165, 1.54) is 12.1 Å². The number of hydrazine groups is 1. The van der Waals surface area contributed by atoms with Crippen LogP contribution < -0.4 is 16.9 Å². The summed E-state index contributed by atoms with van der Waals surface area (Å²) in [5.41, 5.74) is 2.80. The first kappa shape index (κ1) is 9.70. The van der Waals surface area contributed by atoms with Gasteiger partial charge in [0, 0.05) is 18.0 Å². The van der Waals surface area contributed by atoms with Gasteiger partial charge >= 0.3 is 5.63 Å². The summed E-state index contributed by atoms with van der Waals surface area (Å²) in [6.45, 7) is 0.232. The number of hydrogen-bond donors (Lipinski definition) is 3. The fraction of sp³-hybridized carbons (Fsp3) is 0.100. The molecule has 5 nitrogen and oxygen atoms in total. The summed E-state index contributed by atoms with van der Waals surface area (Å²) in [4.78, 5) is 11.1. The van der Waals surface area contributed by atoms with Crippen molar-refractivity contribution < 1.29 is 9.52 Å². The molecule has 0 amide bonds. The van der Waals surface area contributed by atoms with Crippen molar-refractivity contribution in [1.82, 2.24) is 5.43 Å². The Morgan fingerprint density at radius 1 is 1.33 bits per heavy atom. The second-order valence-corrected chi connectivity index (χ2v) is 3.12. The minimum Gasteiger partial charge on any atom is -0.507 e. The zero-order chi connectivity index (χ0) is 10.8. The molecule has 1 aromatic carbocycles. The van der Waals surface area contributed by atoms with Crippen LogP contribution in [0, 0.1) is 0 Å². The highest BCUT2D eigenvalue weighted by atomic mass is 16.4. The number of hydrogen-bond acceptors (Lipinski definition) is 5. The number of aromatic hydroxyl groups is 1. The highest BCUT2D eigenvalue weighted by molar-refractivity contribution is 5.81. The third kappa shape index (κ3) is 1.70. The van der Waals surface area contributed by atoms with Crippen molar-refractivity contribution in [1.29, 1.82) is 0 Å². The molecule has 1 aromatic heterocycles. The monoisotopic (exact) mass is 206 g/mol. The SMILES string of the molecule is NNCc1c(O)ccc2ccc(=O)oc12. The van der Waals surface area contributed by atoms with E-state index in [0.717, 1.165) is 5.39 Å².